The first-order valence-corrected chi connectivity index (χ1v) is 5.88. The Kier molecular flexibility index (Phi) is 3.58. The van der Waals surface area contributed by atoms with Gasteiger partial charge in [0.15, 0.2) is 0 Å². The second-order valence-electron chi connectivity index (χ2n) is 4.59. The first-order chi connectivity index (χ1) is 8.15. The van der Waals surface area contributed by atoms with Crippen molar-refractivity contribution in [1.29, 1.82) is 0 Å². The van der Waals surface area contributed by atoms with Gasteiger partial charge in [0.2, 0.25) is 0 Å². The number of rotatable bonds is 5. The average Bonchev–Trinajstić information content (AvgIpc) is 2.87. The quantitative estimate of drug-likeness (QED) is 0.822. The maximum Gasteiger partial charge on any atom is 0.0953 e. The van der Waals surface area contributed by atoms with E-state index in [1.54, 1.807) is 0 Å². The summed E-state index contributed by atoms with van der Waals surface area (Å²) in [6.45, 7) is 7.92. The van der Waals surface area contributed by atoms with E-state index in [1.165, 1.54) is 5.56 Å². The van der Waals surface area contributed by atoms with Crippen molar-refractivity contribution >= 4 is 0 Å². The van der Waals surface area contributed by atoms with Crippen LogP contribution in [-0.2, 0) is 13.1 Å². The molecular weight excluding hydrogens is 214 g/mol. The fourth-order valence-corrected chi connectivity index (χ4v) is 1.62. The Balaban J connectivity index is 1.97. The predicted octanol–water partition coefficient (Wildman–Crippen LogP) is 1.46. The summed E-state index contributed by atoms with van der Waals surface area (Å²) in [6.07, 6.45) is 5.80. The Hall–Kier alpha value is -1.62. The third-order valence-corrected chi connectivity index (χ3v) is 2.67. The van der Waals surface area contributed by atoms with Crippen LogP contribution in [0, 0.1) is 6.92 Å². The molecule has 5 nitrogen and oxygen atoms in total. The third kappa shape index (κ3) is 3.17. The van der Waals surface area contributed by atoms with Crippen molar-refractivity contribution in [2.24, 2.45) is 0 Å². The van der Waals surface area contributed by atoms with Gasteiger partial charge in [0.1, 0.15) is 0 Å². The normalized spacial score (nSPS) is 11.3. The van der Waals surface area contributed by atoms with Crippen LogP contribution >= 0.6 is 0 Å². The molecule has 2 rings (SSSR count). The van der Waals surface area contributed by atoms with Crippen LogP contribution in [0.2, 0.25) is 0 Å². The summed E-state index contributed by atoms with van der Waals surface area (Å²) >= 11 is 0. The molecule has 0 saturated carbocycles. The second-order valence-corrected chi connectivity index (χ2v) is 4.59. The summed E-state index contributed by atoms with van der Waals surface area (Å²) in [4.78, 5) is 4.37. The summed E-state index contributed by atoms with van der Waals surface area (Å²) in [7, 11) is 0. The molecule has 92 valence electrons. The van der Waals surface area contributed by atoms with Crippen LogP contribution in [0.4, 0.5) is 0 Å². The van der Waals surface area contributed by atoms with Crippen molar-refractivity contribution in [3.8, 4) is 0 Å². The highest BCUT2D eigenvalue weighted by atomic mass is 15.1. The van der Waals surface area contributed by atoms with Crippen molar-refractivity contribution in [2.75, 3.05) is 0 Å². The van der Waals surface area contributed by atoms with E-state index in [0.717, 1.165) is 24.5 Å². The molecule has 2 heterocycles. The molecule has 0 spiro atoms. The summed E-state index contributed by atoms with van der Waals surface area (Å²) in [5, 5.41) is 10.3. The Morgan fingerprint density at radius 2 is 2.29 bits per heavy atom. The number of hydrogen-bond acceptors (Lipinski definition) is 3. The number of aromatic nitrogens is 4. The fourth-order valence-electron chi connectivity index (χ4n) is 1.62. The van der Waals surface area contributed by atoms with Gasteiger partial charge in [-0.1, -0.05) is 13.8 Å². The number of H-pyrrole nitrogens is 1. The minimum atomic E-state index is 0.483. The Labute approximate surface area is 101 Å². The van der Waals surface area contributed by atoms with Gasteiger partial charge in [0.25, 0.3) is 0 Å². The van der Waals surface area contributed by atoms with Crippen molar-refractivity contribution in [3.63, 3.8) is 0 Å². The molecule has 0 aromatic carbocycles. The van der Waals surface area contributed by atoms with Crippen molar-refractivity contribution in [1.82, 2.24) is 25.1 Å². The fraction of sp³-hybridized carbons (Fsp3) is 0.500. The van der Waals surface area contributed by atoms with E-state index in [4.69, 9.17) is 0 Å². The van der Waals surface area contributed by atoms with Crippen LogP contribution in [-0.4, -0.2) is 25.8 Å². The zero-order valence-electron chi connectivity index (χ0n) is 10.6. The molecule has 0 bridgehead atoms. The lowest BCUT2D eigenvalue weighted by atomic mass is 10.2. The molecule has 0 aliphatic carbocycles. The van der Waals surface area contributed by atoms with Gasteiger partial charge in [-0.3, -0.25) is 5.10 Å². The highest BCUT2D eigenvalue weighted by Gasteiger charge is 2.03. The minimum Gasteiger partial charge on any atom is -0.333 e. The SMILES string of the molecule is Cc1[nH]ncc1Cn1cnc(CNC(C)C)c1. The maximum absolute atomic E-state index is 4.37. The Morgan fingerprint density at radius 3 is 2.94 bits per heavy atom. The third-order valence-electron chi connectivity index (χ3n) is 2.67. The van der Waals surface area contributed by atoms with E-state index in [-0.39, 0.29) is 0 Å². The maximum atomic E-state index is 4.37. The van der Waals surface area contributed by atoms with Gasteiger partial charge < -0.3 is 9.88 Å². The molecule has 17 heavy (non-hydrogen) atoms. The predicted molar refractivity (Wildman–Crippen MR) is 66.6 cm³/mol. The largest absolute Gasteiger partial charge is 0.333 e. The van der Waals surface area contributed by atoms with Gasteiger partial charge in [-0.25, -0.2) is 4.98 Å². The molecule has 2 N–H and O–H groups in total. The molecule has 0 fully saturated rings. The number of aromatic amines is 1. The van der Waals surface area contributed by atoms with Gasteiger partial charge in [-0.05, 0) is 6.92 Å². The van der Waals surface area contributed by atoms with Gasteiger partial charge in [0, 0.05) is 30.0 Å². The number of aryl methyl sites for hydroxylation is 1. The molecule has 0 atom stereocenters. The molecular formula is C12H19N5. The van der Waals surface area contributed by atoms with Crippen LogP contribution in [0.3, 0.4) is 0 Å². The first kappa shape index (κ1) is 11.9. The zero-order valence-corrected chi connectivity index (χ0v) is 10.6. The smallest absolute Gasteiger partial charge is 0.0953 e. The molecule has 0 aliphatic heterocycles. The topological polar surface area (TPSA) is 58.5 Å². The second kappa shape index (κ2) is 5.14. The Morgan fingerprint density at radius 1 is 1.47 bits per heavy atom. The summed E-state index contributed by atoms with van der Waals surface area (Å²) in [6, 6.07) is 0.483. The molecule has 0 radical (unpaired) electrons. The van der Waals surface area contributed by atoms with Gasteiger partial charge >= 0.3 is 0 Å². The molecule has 2 aromatic rings. The van der Waals surface area contributed by atoms with Crippen LogP contribution in [0.25, 0.3) is 0 Å². The van der Waals surface area contributed by atoms with Crippen molar-refractivity contribution in [3.05, 3.63) is 35.7 Å². The first-order valence-electron chi connectivity index (χ1n) is 5.88. The van der Waals surface area contributed by atoms with E-state index in [0.29, 0.717) is 6.04 Å². The van der Waals surface area contributed by atoms with E-state index < -0.39 is 0 Å². The lowest BCUT2D eigenvalue weighted by Gasteiger charge is -2.04. The standard InChI is InChI=1S/C12H19N5/c1-9(2)13-5-12-7-17(8-14-12)6-11-4-15-16-10(11)3/h4,7-9,13H,5-6H2,1-3H3,(H,15,16). The van der Waals surface area contributed by atoms with E-state index in [9.17, 15) is 0 Å². The molecule has 0 amide bonds. The van der Waals surface area contributed by atoms with Crippen LogP contribution < -0.4 is 5.32 Å². The highest BCUT2D eigenvalue weighted by Crippen LogP contribution is 2.06. The summed E-state index contributed by atoms with van der Waals surface area (Å²) in [5.74, 6) is 0. The summed E-state index contributed by atoms with van der Waals surface area (Å²) < 4.78 is 2.08. The lowest BCUT2D eigenvalue weighted by molar-refractivity contribution is 0.582. The van der Waals surface area contributed by atoms with Gasteiger partial charge in [0.05, 0.1) is 24.8 Å². The number of imidazole rings is 1. The number of nitrogens with one attached hydrogen (secondary N) is 2. The van der Waals surface area contributed by atoms with Gasteiger partial charge in [-0.15, -0.1) is 0 Å². The number of nitrogens with zero attached hydrogens (tertiary/aromatic N) is 3. The monoisotopic (exact) mass is 233 g/mol. The van der Waals surface area contributed by atoms with E-state index in [2.05, 4.69) is 45.1 Å². The minimum absolute atomic E-state index is 0.483. The highest BCUT2D eigenvalue weighted by molar-refractivity contribution is 5.15. The molecule has 0 saturated heterocycles. The molecule has 5 heteroatoms. The van der Waals surface area contributed by atoms with Crippen LogP contribution in [0.1, 0.15) is 30.8 Å². The van der Waals surface area contributed by atoms with E-state index >= 15 is 0 Å². The van der Waals surface area contributed by atoms with Crippen LogP contribution in [0.15, 0.2) is 18.7 Å². The molecule has 0 unspecified atom stereocenters. The van der Waals surface area contributed by atoms with Crippen LogP contribution in [0.5, 0.6) is 0 Å². The molecule has 0 aliphatic rings. The molecule has 2 aromatic heterocycles. The average molecular weight is 233 g/mol. The summed E-state index contributed by atoms with van der Waals surface area (Å²) in [5.41, 5.74) is 3.38. The van der Waals surface area contributed by atoms with Crippen molar-refractivity contribution < 1.29 is 0 Å². The number of hydrogen-bond donors (Lipinski definition) is 2. The zero-order chi connectivity index (χ0) is 12.3. The lowest BCUT2D eigenvalue weighted by Crippen LogP contribution is -2.21. The van der Waals surface area contributed by atoms with Crippen molar-refractivity contribution in [2.45, 2.75) is 39.9 Å². The Bertz CT molecular complexity index is 469. The van der Waals surface area contributed by atoms with Gasteiger partial charge in [-0.2, -0.15) is 5.10 Å². The van der Waals surface area contributed by atoms with E-state index in [1.807, 2.05) is 19.4 Å².